The van der Waals surface area contributed by atoms with E-state index in [1.165, 1.54) is 25.7 Å². The Labute approximate surface area is 101 Å². The van der Waals surface area contributed by atoms with Crippen molar-refractivity contribution in [3.05, 3.63) is 0 Å². The van der Waals surface area contributed by atoms with Crippen LogP contribution in [0.15, 0.2) is 0 Å². The van der Waals surface area contributed by atoms with Crippen LogP contribution in [-0.2, 0) is 4.74 Å². The Balaban J connectivity index is 3.88. The predicted molar refractivity (Wildman–Crippen MR) is 68.7 cm³/mol. The van der Waals surface area contributed by atoms with E-state index in [9.17, 15) is 0 Å². The minimum atomic E-state index is 0.325. The Morgan fingerprint density at radius 1 is 1.00 bits per heavy atom. The molecule has 1 unspecified atom stereocenters. The van der Waals surface area contributed by atoms with Crippen molar-refractivity contribution in [3.63, 3.8) is 0 Å². The van der Waals surface area contributed by atoms with E-state index in [2.05, 4.69) is 20.8 Å². The van der Waals surface area contributed by atoms with E-state index in [1.807, 2.05) is 0 Å². The lowest BCUT2D eigenvalue weighted by Gasteiger charge is -2.30. The van der Waals surface area contributed by atoms with Gasteiger partial charge in [0.2, 0.25) is 0 Å². The van der Waals surface area contributed by atoms with Gasteiger partial charge in [0.05, 0.1) is 0 Å². The maximum atomic E-state index is 6.12. The summed E-state index contributed by atoms with van der Waals surface area (Å²) in [5.41, 5.74) is 0.325. The highest BCUT2D eigenvalue weighted by Crippen LogP contribution is 2.34. The third-order valence-corrected chi connectivity index (χ3v) is 3.79. The van der Waals surface area contributed by atoms with E-state index in [-0.39, 0.29) is 0 Å². The molecule has 0 aliphatic rings. The maximum absolute atomic E-state index is 6.12. The van der Waals surface area contributed by atoms with Gasteiger partial charge in [-0.25, -0.2) is 0 Å². The van der Waals surface area contributed by atoms with Crippen LogP contribution in [-0.4, -0.2) is 19.1 Å². The lowest BCUT2D eigenvalue weighted by Crippen LogP contribution is -2.24. The smallest absolute Gasteiger partial charge is 0.0471 e. The molecule has 1 atom stereocenters. The molecule has 0 bridgehead atoms. The first-order valence-corrected chi connectivity index (χ1v) is 6.91. The van der Waals surface area contributed by atoms with Gasteiger partial charge in [0.25, 0.3) is 0 Å². The van der Waals surface area contributed by atoms with Crippen LogP contribution in [0.4, 0.5) is 0 Å². The normalized spacial score (nSPS) is 15.2. The average molecular weight is 235 g/mol. The lowest BCUT2D eigenvalue weighted by molar-refractivity contribution is 0.0944. The van der Waals surface area contributed by atoms with Gasteiger partial charge in [-0.1, -0.05) is 33.6 Å². The van der Waals surface area contributed by atoms with Crippen molar-refractivity contribution in [2.24, 2.45) is 5.41 Å². The largest absolute Gasteiger partial charge is 0.381 e. The monoisotopic (exact) mass is 234 g/mol. The van der Waals surface area contributed by atoms with Crippen molar-refractivity contribution in [1.82, 2.24) is 0 Å². The predicted octanol–water partition coefficient (Wildman–Crippen LogP) is 4.63. The molecule has 0 radical (unpaired) electrons. The molecule has 92 valence electrons. The fraction of sp³-hybridized carbons (Fsp3) is 1.00. The van der Waals surface area contributed by atoms with Gasteiger partial charge in [-0.15, -0.1) is 11.6 Å². The fourth-order valence-electron chi connectivity index (χ4n) is 1.79. The van der Waals surface area contributed by atoms with E-state index in [0.29, 0.717) is 5.41 Å². The molecule has 0 saturated heterocycles. The van der Waals surface area contributed by atoms with Gasteiger partial charge in [0, 0.05) is 19.1 Å². The van der Waals surface area contributed by atoms with E-state index >= 15 is 0 Å². The second-order valence-electron chi connectivity index (χ2n) is 4.45. The molecule has 0 rings (SSSR count). The number of halogens is 1. The van der Waals surface area contributed by atoms with E-state index in [0.717, 1.165) is 31.9 Å². The second kappa shape index (κ2) is 9.47. The SMILES string of the molecule is CCCCC(CC)(CCl)CCOCCC. The van der Waals surface area contributed by atoms with Crippen LogP contribution in [0.25, 0.3) is 0 Å². The van der Waals surface area contributed by atoms with Crippen LogP contribution in [0.1, 0.15) is 59.3 Å². The Morgan fingerprint density at radius 2 is 1.73 bits per heavy atom. The van der Waals surface area contributed by atoms with Gasteiger partial charge in [-0.05, 0) is 31.1 Å². The molecule has 0 aliphatic carbocycles. The number of unbranched alkanes of at least 4 members (excludes halogenated alkanes) is 1. The molecule has 0 spiro atoms. The van der Waals surface area contributed by atoms with Gasteiger partial charge in [-0.3, -0.25) is 0 Å². The van der Waals surface area contributed by atoms with Crippen LogP contribution < -0.4 is 0 Å². The van der Waals surface area contributed by atoms with Gasteiger partial charge in [0.15, 0.2) is 0 Å². The summed E-state index contributed by atoms with van der Waals surface area (Å²) >= 11 is 6.12. The minimum Gasteiger partial charge on any atom is -0.381 e. The Hall–Kier alpha value is 0.250. The van der Waals surface area contributed by atoms with Crippen LogP contribution in [0.2, 0.25) is 0 Å². The molecule has 0 aliphatic heterocycles. The molecule has 0 amide bonds. The zero-order valence-electron chi connectivity index (χ0n) is 10.7. The van der Waals surface area contributed by atoms with Crippen molar-refractivity contribution in [3.8, 4) is 0 Å². The van der Waals surface area contributed by atoms with Gasteiger partial charge in [0.1, 0.15) is 0 Å². The minimum absolute atomic E-state index is 0.325. The molecule has 0 aromatic rings. The number of ether oxygens (including phenoxy) is 1. The zero-order valence-corrected chi connectivity index (χ0v) is 11.4. The topological polar surface area (TPSA) is 9.23 Å². The zero-order chi connectivity index (χ0) is 11.6. The first-order chi connectivity index (χ1) is 7.24. The van der Waals surface area contributed by atoms with Crippen LogP contribution in [0.3, 0.4) is 0 Å². The van der Waals surface area contributed by atoms with Gasteiger partial charge < -0.3 is 4.74 Å². The molecule has 1 nitrogen and oxygen atoms in total. The summed E-state index contributed by atoms with van der Waals surface area (Å²) in [7, 11) is 0. The highest BCUT2D eigenvalue weighted by atomic mass is 35.5. The number of hydrogen-bond acceptors (Lipinski definition) is 1. The Morgan fingerprint density at radius 3 is 2.20 bits per heavy atom. The van der Waals surface area contributed by atoms with Gasteiger partial charge in [-0.2, -0.15) is 0 Å². The summed E-state index contributed by atoms with van der Waals surface area (Å²) in [6.45, 7) is 8.39. The highest BCUT2D eigenvalue weighted by molar-refractivity contribution is 6.18. The molecule has 0 aromatic carbocycles. The van der Waals surface area contributed by atoms with E-state index < -0.39 is 0 Å². The second-order valence-corrected chi connectivity index (χ2v) is 4.72. The highest BCUT2D eigenvalue weighted by Gasteiger charge is 2.25. The third kappa shape index (κ3) is 6.42. The van der Waals surface area contributed by atoms with Crippen LogP contribution >= 0.6 is 11.6 Å². The van der Waals surface area contributed by atoms with Crippen LogP contribution in [0.5, 0.6) is 0 Å². The van der Waals surface area contributed by atoms with Gasteiger partial charge >= 0.3 is 0 Å². The molecule has 0 N–H and O–H groups in total. The summed E-state index contributed by atoms with van der Waals surface area (Å²) in [5, 5.41) is 0. The average Bonchev–Trinajstić information content (AvgIpc) is 2.29. The summed E-state index contributed by atoms with van der Waals surface area (Å²) in [6, 6.07) is 0. The summed E-state index contributed by atoms with van der Waals surface area (Å²) in [6.07, 6.45) is 7.19. The molecular weight excluding hydrogens is 208 g/mol. The van der Waals surface area contributed by atoms with Crippen molar-refractivity contribution in [2.75, 3.05) is 19.1 Å². The Bertz CT molecular complexity index is 132. The van der Waals surface area contributed by atoms with E-state index in [4.69, 9.17) is 16.3 Å². The summed E-state index contributed by atoms with van der Waals surface area (Å²) < 4.78 is 5.56. The maximum Gasteiger partial charge on any atom is 0.0471 e. The number of alkyl halides is 1. The quantitative estimate of drug-likeness (QED) is 0.396. The summed E-state index contributed by atoms with van der Waals surface area (Å²) in [4.78, 5) is 0. The van der Waals surface area contributed by atoms with Crippen molar-refractivity contribution in [2.45, 2.75) is 59.3 Å². The first kappa shape index (κ1) is 15.2. The standard InChI is InChI=1S/C13H27ClO/c1-4-7-8-13(6-3,12-14)9-11-15-10-5-2/h4-12H2,1-3H3. The third-order valence-electron chi connectivity index (χ3n) is 3.22. The molecule has 0 saturated carbocycles. The van der Waals surface area contributed by atoms with E-state index in [1.54, 1.807) is 0 Å². The number of hydrogen-bond donors (Lipinski definition) is 0. The van der Waals surface area contributed by atoms with Crippen LogP contribution in [0, 0.1) is 5.41 Å². The fourth-order valence-corrected chi connectivity index (χ4v) is 2.25. The van der Waals surface area contributed by atoms with Crippen molar-refractivity contribution >= 4 is 11.6 Å². The van der Waals surface area contributed by atoms with Crippen molar-refractivity contribution < 1.29 is 4.74 Å². The van der Waals surface area contributed by atoms with Crippen molar-refractivity contribution in [1.29, 1.82) is 0 Å². The number of rotatable bonds is 10. The lowest BCUT2D eigenvalue weighted by atomic mass is 9.79. The molecule has 0 aromatic heterocycles. The summed E-state index contributed by atoms with van der Waals surface area (Å²) in [5.74, 6) is 0.777. The molecule has 15 heavy (non-hydrogen) atoms. The molecular formula is C13H27ClO. The molecule has 0 fully saturated rings. The molecule has 2 heteroatoms. The molecule has 0 heterocycles. The Kier molecular flexibility index (Phi) is 9.63. The first-order valence-electron chi connectivity index (χ1n) is 6.38.